The zero-order chi connectivity index (χ0) is 15.1. The number of hydrogen-bond acceptors (Lipinski definition) is 4. The van der Waals surface area contributed by atoms with Crippen LogP contribution < -0.4 is 5.32 Å². The molecule has 0 spiro atoms. The first kappa shape index (κ1) is 16.1. The van der Waals surface area contributed by atoms with Crippen LogP contribution in [0.2, 0.25) is 0 Å². The summed E-state index contributed by atoms with van der Waals surface area (Å²) in [4.78, 5) is 6.69. The normalized spacial score (nSPS) is 11.2. The van der Waals surface area contributed by atoms with E-state index in [2.05, 4.69) is 27.5 Å². The van der Waals surface area contributed by atoms with Gasteiger partial charge in [-0.2, -0.15) is 0 Å². The molecule has 0 bridgehead atoms. The number of nitrogens with one attached hydrogen (secondary N) is 1. The zero-order valence-corrected chi connectivity index (χ0v) is 13.4. The Balaban J connectivity index is 1.85. The molecule has 0 radical (unpaired) electrons. The molecule has 1 heterocycles. The monoisotopic (exact) mass is 307 g/mol. The Morgan fingerprint density at radius 3 is 2.86 bits per heavy atom. The van der Waals surface area contributed by atoms with Crippen LogP contribution in [-0.4, -0.2) is 23.5 Å². The molecule has 0 aliphatic carbocycles. The molecule has 0 amide bonds. The number of nitrogens with zero attached hydrogens (tertiary/aromatic N) is 2. The van der Waals surface area contributed by atoms with Gasteiger partial charge >= 0.3 is 0 Å². The van der Waals surface area contributed by atoms with E-state index in [9.17, 15) is 4.39 Å². The highest BCUT2D eigenvalue weighted by molar-refractivity contribution is 7.09. The van der Waals surface area contributed by atoms with Crippen molar-refractivity contribution in [1.82, 2.24) is 15.2 Å². The Kier molecular flexibility index (Phi) is 6.29. The lowest BCUT2D eigenvalue weighted by Gasteiger charge is -2.15. The van der Waals surface area contributed by atoms with Gasteiger partial charge in [-0.1, -0.05) is 25.1 Å². The van der Waals surface area contributed by atoms with Gasteiger partial charge in [0.25, 0.3) is 0 Å². The van der Waals surface area contributed by atoms with Crippen LogP contribution in [0.1, 0.15) is 29.6 Å². The molecule has 0 aliphatic heterocycles. The summed E-state index contributed by atoms with van der Waals surface area (Å²) >= 11 is 1.68. The van der Waals surface area contributed by atoms with Crippen molar-refractivity contribution >= 4 is 11.3 Å². The predicted molar refractivity (Wildman–Crippen MR) is 85.7 cm³/mol. The van der Waals surface area contributed by atoms with E-state index in [0.717, 1.165) is 42.3 Å². The lowest BCUT2D eigenvalue weighted by Crippen LogP contribution is -2.18. The SMILES string of the molecule is CCCNCc1nc(CN(C)Cc2ccccc2F)cs1. The van der Waals surface area contributed by atoms with Gasteiger partial charge in [-0.3, -0.25) is 4.90 Å². The Bertz CT molecular complexity index is 556. The summed E-state index contributed by atoms with van der Waals surface area (Å²) in [5.41, 5.74) is 1.77. The van der Waals surface area contributed by atoms with E-state index in [-0.39, 0.29) is 5.82 Å². The fourth-order valence-electron chi connectivity index (χ4n) is 2.12. The van der Waals surface area contributed by atoms with Gasteiger partial charge in [0.05, 0.1) is 5.69 Å². The number of rotatable bonds is 8. The summed E-state index contributed by atoms with van der Waals surface area (Å²) in [5.74, 6) is -0.146. The third-order valence-corrected chi connectivity index (χ3v) is 4.03. The summed E-state index contributed by atoms with van der Waals surface area (Å²) in [6.45, 7) is 5.32. The van der Waals surface area contributed by atoms with Crippen LogP contribution >= 0.6 is 11.3 Å². The molecule has 114 valence electrons. The summed E-state index contributed by atoms with van der Waals surface area (Å²) in [5, 5.41) is 6.54. The van der Waals surface area contributed by atoms with Crippen LogP contribution in [-0.2, 0) is 19.6 Å². The second-order valence-corrected chi connectivity index (χ2v) is 6.12. The van der Waals surface area contributed by atoms with Crippen molar-refractivity contribution in [3.63, 3.8) is 0 Å². The first-order valence-corrected chi connectivity index (χ1v) is 8.13. The number of hydrogen-bond donors (Lipinski definition) is 1. The van der Waals surface area contributed by atoms with Crippen LogP contribution in [0.5, 0.6) is 0 Å². The highest BCUT2D eigenvalue weighted by Crippen LogP contribution is 2.14. The van der Waals surface area contributed by atoms with Crippen LogP contribution in [0.4, 0.5) is 4.39 Å². The lowest BCUT2D eigenvalue weighted by atomic mass is 10.2. The number of benzene rings is 1. The van der Waals surface area contributed by atoms with Crippen LogP contribution in [0, 0.1) is 5.82 Å². The van der Waals surface area contributed by atoms with Crippen molar-refractivity contribution in [3.05, 3.63) is 51.7 Å². The van der Waals surface area contributed by atoms with Crippen molar-refractivity contribution < 1.29 is 4.39 Å². The highest BCUT2D eigenvalue weighted by Gasteiger charge is 2.08. The van der Waals surface area contributed by atoms with Gasteiger partial charge in [-0.25, -0.2) is 9.37 Å². The molecule has 1 aromatic heterocycles. The van der Waals surface area contributed by atoms with Gasteiger partial charge in [0.15, 0.2) is 0 Å². The average Bonchev–Trinajstić information content (AvgIpc) is 2.89. The predicted octanol–water partition coefficient (Wildman–Crippen LogP) is 3.41. The minimum Gasteiger partial charge on any atom is -0.310 e. The molecule has 0 unspecified atom stereocenters. The average molecular weight is 307 g/mol. The van der Waals surface area contributed by atoms with Crippen LogP contribution in [0.3, 0.4) is 0 Å². The summed E-state index contributed by atoms with van der Waals surface area (Å²) in [6, 6.07) is 6.91. The van der Waals surface area contributed by atoms with Gasteiger partial charge in [0, 0.05) is 30.6 Å². The Labute approximate surface area is 129 Å². The Hall–Kier alpha value is -1.30. The summed E-state index contributed by atoms with van der Waals surface area (Å²) in [6.07, 6.45) is 1.13. The quantitative estimate of drug-likeness (QED) is 0.758. The fourth-order valence-corrected chi connectivity index (χ4v) is 2.88. The lowest BCUT2D eigenvalue weighted by molar-refractivity contribution is 0.310. The molecule has 1 aromatic carbocycles. The molecule has 2 rings (SSSR count). The summed E-state index contributed by atoms with van der Waals surface area (Å²) in [7, 11) is 1.99. The zero-order valence-electron chi connectivity index (χ0n) is 12.6. The van der Waals surface area contributed by atoms with Gasteiger partial charge in [0.2, 0.25) is 0 Å². The topological polar surface area (TPSA) is 28.2 Å². The highest BCUT2D eigenvalue weighted by atomic mass is 32.1. The van der Waals surface area contributed by atoms with Gasteiger partial charge in [0.1, 0.15) is 10.8 Å². The molecular formula is C16H22FN3S. The van der Waals surface area contributed by atoms with Crippen molar-refractivity contribution in [1.29, 1.82) is 0 Å². The Morgan fingerprint density at radius 1 is 1.29 bits per heavy atom. The first-order chi connectivity index (χ1) is 10.2. The van der Waals surface area contributed by atoms with Crippen molar-refractivity contribution in [3.8, 4) is 0 Å². The van der Waals surface area contributed by atoms with E-state index >= 15 is 0 Å². The molecule has 3 nitrogen and oxygen atoms in total. The van der Waals surface area contributed by atoms with Crippen molar-refractivity contribution in [2.24, 2.45) is 0 Å². The summed E-state index contributed by atoms with van der Waals surface area (Å²) < 4.78 is 13.6. The molecule has 1 N–H and O–H groups in total. The van der Waals surface area contributed by atoms with E-state index in [1.54, 1.807) is 17.4 Å². The molecular weight excluding hydrogens is 285 g/mol. The number of thiazole rings is 1. The van der Waals surface area contributed by atoms with E-state index in [0.29, 0.717) is 6.54 Å². The second-order valence-electron chi connectivity index (χ2n) is 5.17. The molecule has 0 saturated carbocycles. The molecule has 21 heavy (non-hydrogen) atoms. The van der Waals surface area contributed by atoms with E-state index in [4.69, 9.17) is 0 Å². The van der Waals surface area contributed by atoms with Crippen molar-refractivity contribution in [2.45, 2.75) is 33.0 Å². The second kappa shape index (κ2) is 8.22. The van der Waals surface area contributed by atoms with Crippen LogP contribution in [0.25, 0.3) is 0 Å². The number of aromatic nitrogens is 1. The Morgan fingerprint density at radius 2 is 2.10 bits per heavy atom. The molecule has 2 aromatic rings. The van der Waals surface area contributed by atoms with Gasteiger partial charge in [-0.05, 0) is 26.1 Å². The minimum atomic E-state index is -0.146. The van der Waals surface area contributed by atoms with Gasteiger partial charge < -0.3 is 5.32 Å². The van der Waals surface area contributed by atoms with E-state index in [1.807, 2.05) is 19.2 Å². The smallest absolute Gasteiger partial charge is 0.127 e. The third-order valence-electron chi connectivity index (χ3n) is 3.13. The van der Waals surface area contributed by atoms with Crippen LogP contribution in [0.15, 0.2) is 29.6 Å². The largest absolute Gasteiger partial charge is 0.310 e. The maximum absolute atomic E-state index is 13.6. The maximum atomic E-state index is 13.6. The van der Waals surface area contributed by atoms with E-state index < -0.39 is 0 Å². The maximum Gasteiger partial charge on any atom is 0.127 e. The molecule has 0 aliphatic rings. The first-order valence-electron chi connectivity index (χ1n) is 7.25. The molecule has 0 fully saturated rings. The number of halogens is 1. The molecule has 0 atom stereocenters. The fraction of sp³-hybridized carbons (Fsp3) is 0.438. The molecule has 5 heteroatoms. The van der Waals surface area contributed by atoms with Crippen molar-refractivity contribution in [2.75, 3.05) is 13.6 Å². The third kappa shape index (κ3) is 5.19. The standard InChI is InChI=1S/C16H22FN3S/c1-3-8-18-9-16-19-14(12-21-16)11-20(2)10-13-6-4-5-7-15(13)17/h4-7,12,18H,3,8-11H2,1-2H3. The minimum absolute atomic E-state index is 0.146. The molecule has 0 saturated heterocycles. The van der Waals surface area contributed by atoms with Gasteiger partial charge in [-0.15, -0.1) is 11.3 Å². The van der Waals surface area contributed by atoms with E-state index in [1.165, 1.54) is 6.07 Å².